The van der Waals surface area contributed by atoms with Crippen molar-refractivity contribution in [1.82, 2.24) is 18.9 Å². The number of rotatable bonds is 6. The third-order valence-electron chi connectivity index (χ3n) is 6.97. The van der Waals surface area contributed by atoms with Gasteiger partial charge in [0.25, 0.3) is 5.91 Å². The zero-order valence-electron chi connectivity index (χ0n) is 22.2. The second-order valence-corrected chi connectivity index (χ2v) is 11.6. The molecule has 1 saturated heterocycles. The lowest BCUT2D eigenvalue weighted by Crippen LogP contribution is -2.28. The topological polar surface area (TPSA) is 106 Å². The van der Waals surface area contributed by atoms with Crippen molar-refractivity contribution >= 4 is 27.3 Å². The Labute approximate surface area is 222 Å². The molecule has 3 heterocycles. The predicted molar refractivity (Wildman–Crippen MR) is 146 cm³/mol. The third-order valence-corrected chi connectivity index (χ3v) is 8.88. The van der Waals surface area contributed by atoms with Crippen molar-refractivity contribution < 1.29 is 17.9 Å². The standard InChI is InChI=1S/C28H31N5O4S/c1-17-9-8-10-18(2)25(17)30-28(34)26-24(27-29-19(3)15-20(4)33(27)31-26)21-11-12-22(37-5)23(16-21)38(35,36)32-13-6-7-14-32/h8-12,15-16H,6-7,13-14H2,1-5H3,(H,30,34). The number of hydrogen-bond donors (Lipinski definition) is 1. The van der Waals surface area contributed by atoms with E-state index in [1.807, 2.05) is 52.0 Å². The van der Waals surface area contributed by atoms with Crippen LogP contribution in [0.3, 0.4) is 0 Å². The number of sulfonamides is 1. The van der Waals surface area contributed by atoms with E-state index in [0.717, 1.165) is 35.4 Å². The average Bonchev–Trinajstić information content (AvgIpc) is 3.55. The molecule has 0 atom stereocenters. The lowest BCUT2D eigenvalue weighted by Gasteiger charge is -2.18. The van der Waals surface area contributed by atoms with Gasteiger partial charge in [-0.05, 0) is 75.4 Å². The fourth-order valence-corrected chi connectivity index (χ4v) is 6.73. The number of aryl methyl sites for hydroxylation is 4. The monoisotopic (exact) mass is 533 g/mol. The normalized spacial score (nSPS) is 14.2. The number of carbonyl (C=O) groups is 1. The van der Waals surface area contributed by atoms with Gasteiger partial charge >= 0.3 is 0 Å². The molecule has 0 radical (unpaired) electrons. The lowest BCUT2D eigenvalue weighted by molar-refractivity contribution is 0.102. The van der Waals surface area contributed by atoms with Crippen LogP contribution in [0.25, 0.3) is 16.8 Å². The first-order valence-electron chi connectivity index (χ1n) is 12.5. The summed E-state index contributed by atoms with van der Waals surface area (Å²) in [5, 5.41) is 7.67. The van der Waals surface area contributed by atoms with Crippen molar-refractivity contribution in [3.05, 3.63) is 70.7 Å². The highest BCUT2D eigenvalue weighted by Gasteiger charge is 2.32. The molecule has 0 bridgehead atoms. The summed E-state index contributed by atoms with van der Waals surface area (Å²) in [4.78, 5) is 18.5. The molecule has 9 nitrogen and oxygen atoms in total. The van der Waals surface area contributed by atoms with Gasteiger partial charge < -0.3 is 10.1 Å². The van der Waals surface area contributed by atoms with Crippen molar-refractivity contribution in [2.45, 2.75) is 45.4 Å². The number of benzene rings is 2. The molecule has 38 heavy (non-hydrogen) atoms. The molecule has 0 saturated carbocycles. The predicted octanol–water partition coefficient (Wildman–Crippen LogP) is 4.68. The Morgan fingerprint density at radius 1 is 1.00 bits per heavy atom. The van der Waals surface area contributed by atoms with Crippen LogP contribution in [0.1, 0.15) is 45.8 Å². The molecule has 0 spiro atoms. The molecule has 2 aromatic carbocycles. The van der Waals surface area contributed by atoms with Crippen LogP contribution in [0.4, 0.5) is 5.69 Å². The fraction of sp³-hybridized carbons (Fsp3) is 0.321. The molecule has 10 heteroatoms. The SMILES string of the molecule is COc1ccc(-c2c(C(=O)Nc3c(C)cccc3C)nn3c(C)cc(C)nc23)cc1S(=O)(=O)N1CCCC1. The molecule has 1 N–H and O–H groups in total. The Balaban J connectivity index is 1.72. The van der Waals surface area contributed by atoms with Crippen LogP contribution in [0.5, 0.6) is 5.75 Å². The van der Waals surface area contributed by atoms with Crippen LogP contribution < -0.4 is 10.1 Å². The van der Waals surface area contributed by atoms with Gasteiger partial charge in [-0.15, -0.1) is 0 Å². The minimum Gasteiger partial charge on any atom is -0.495 e. The van der Waals surface area contributed by atoms with Crippen molar-refractivity contribution in [1.29, 1.82) is 0 Å². The first-order chi connectivity index (χ1) is 18.1. The number of para-hydroxylation sites is 1. The second-order valence-electron chi connectivity index (χ2n) is 9.70. The Bertz CT molecular complexity index is 1650. The van der Waals surface area contributed by atoms with E-state index in [0.29, 0.717) is 35.6 Å². The quantitative estimate of drug-likeness (QED) is 0.386. The van der Waals surface area contributed by atoms with Crippen molar-refractivity contribution in [2.75, 3.05) is 25.5 Å². The van der Waals surface area contributed by atoms with Crippen LogP contribution in [-0.2, 0) is 10.0 Å². The molecular weight excluding hydrogens is 502 g/mol. The number of nitrogens with one attached hydrogen (secondary N) is 1. The summed E-state index contributed by atoms with van der Waals surface area (Å²) in [6.45, 7) is 8.56. The van der Waals surface area contributed by atoms with Gasteiger partial charge in [0.1, 0.15) is 10.6 Å². The summed E-state index contributed by atoms with van der Waals surface area (Å²) in [6, 6.07) is 12.6. The van der Waals surface area contributed by atoms with E-state index in [4.69, 9.17) is 9.72 Å². The molecule has 1 amide bonds. The Kier molecular flexibility index (Phi) is 6.70. The van der Waals surface area contributed by atoms with Crippen LogP contribution in [0, 0.1) is 27.7 Å². The maximum Gasteiger partial charge on any atom is 0.276 e. The van der Waals surface area contributed by atoms with E-state index in [2.05, 4.69) is 10.4 Å². The van der Waals surface area contributed by atoms with E-state index in [1.165, 1.54) is 11.4 Å². The molecule has 0 aliphatic carbocycles. The number of hydrogen-bond acceptors (Lipinski definition) is 6. The molecule has 2 aromatic heterocycles. The van der Waals surface area contributed by atoms with E-state index < -0.39 is 15.9 Å². The van der Waals surface area contributed by atoms with Crippen molar-refractivity contribution in [3.63, 3.8) is 0 Å². The third kappa shape index (κ3) is 4.43. The van der Waals surface area contributed by atoms with Gasteiger partial charge in [0, 0.05) is 30.2 Å². The maximum atomic E-state index is 13.7. The van der Waals surface area contributed by atoms with Crippen LogP contribution in [0.2, 0.25) is 0 Å². The average molecular weight is 534 g/mol. The first-order valence-corrected chi connectivity index (χ1v) is 14.0. The molecule has 0 unspecified atom stereocenters. The summed E-state index contributed by atoms with van der Waals surface area (Å²) in [5.41, 5.74) is 5.74. The molecule has 1 aliphatic rings. The number of carbonyl (C=O) groups excluding carboxylic acids is 1. The number of aromatic nitrogens is 3. The smallest absolute Gasteiger partial charge is 0.276 e. The largest absolute Gasteiger partial charge is 0.495 e. The van der Waals surface area contributed by atoms with Gasteiger partial charge in [-0.25, -0.2) is 17.9 Å². The molecule has 1 fully saturated rings. The molecule has 5 rings (SSSR count). The highest BCUT2D eigenvalue weighted by atomic mass is 32.2. The number of nitrogens with zero attached hydrogens (tertiary/aromatic N) is 4. The fourth-order valence-electron chi connectivity index (χ4n) is 5.03. The number of fused-ring (bicyclic) bond motifs is 1. The number of amides is 1. The maximum absolute atomic E-state index is 13.7. The number of methoxy groups -OCH3 is 1. The highest BCUT2D eigenvalue weighted by Crippen LogP contribution is 2.36. The molecule has 1 aliphatic heterocycles. The minimum absolute atomic E-state index is 0.0595. The molecule has 4 aromatic rings. The Hall–Kier alpha value is -3.76. The summed E-state index contributed by atoms with van der Waals surface area (Å²) in [6.07, 6.45) is 1.64. The van der Waals surface area contributed by atoms with Gasteiger partial charge in [-0.3, -0.25) is 4.79 Å². The number of anilines is 1. The minimum atomic E-state index is -3.80. The molecular formula is C28H31N5O4S. The second kappa shape index (κ2) is 9.85. The van der Waals surface area contributed by atoms with Crippen LogP contribution in [0.15, 0.2) is 47.4 Å². The highest BCUT2D eigenvalue weighted by molar-refractivity contribution is 7.89. The van der Waals surface area contributed by atoms with Gasteiger partial charge in [-0.2, -0.15) is 9.40 Å². The first kappa shape index (κ1) is 25.9. The van der Waals surface area contributed by atoms with E-state index in [1.54, 1.807) is 22.7 Å². The zero-order valence-corrected chi connectivity index (χ0v) is 23.0. The van der Waals surface area contributed by atoms with Crippen molar-refractivity contribution in [2.24, 2.45) is 0 Å². The van der Waals surface area contributed by atoms with Crippen molar-refractivity contribution in [3.8, 4) is 16.9 Å². The van der Waals surface area contributed by atoms with E-state index in [-0.39, 0.29) is 16.3 Å². The summed E-state index contributed by atoms with van der Waals surface area (Å²) in [7, 11) is -2.35. The Morgan fingerprint density at radius 2 is 1.68 bits per heavy atom. The van der Waals surface area contributed by atoms with Gasteiger partial charge in [0.2, 0.25) is 10.0 Å². The lowest BCUT2D eigenvalue weighted by atomic mass is 10.0. The van der Waals surface area contributed by atoms with E-state index in [9.17, 15) is 13.2 Å². The zero-order chi connectivity index (χ0) is 27.2. The van der Waals surface area contributed by atoms with E-state index >= 15 is 0 Å². The van der Waals surface area contributed by atoms with Crippen LogP contribution in [-0.4, -0.2) is 53.4 Å². The Morgan fingerprint density at radius 3 is 2.34 bits per heavy atom. The van der Waals surface area contributed by atoms with Gasteiger partial charge in [0.15, 0.2) is 11.3 Å². The number of ether oxygens (including phenoxy) is 1. The summed E-state index contributed by atoms with van der Waals surface area (Å²) < 4.78 is 35.7. The van der Waals surface area contributed by atoms with Gasteiger partial charge in [-0.1, -0.05) is 24.3 Å². The van der Waals surface area contributed by atoms with Gasteiger partial charge in [0.05, 0.1) is 12.7 Å². The van der Waals surface area contributed by atoms with Crippen LogP contribution >= 0.6 is 0 Å². The molecule has 198 valence electrons. The summed E-state index contributed by atoms with van der Waals surface area (Å²) in [5.74, 6) is -0.154. The summed E-state index contributed by atoms with van der Waals surface area (Å²) >= 11 is 0.